The number of aliphatic hydroxyl groups is 1. The van der Waals surface area contributed by atoms with Crippen molar-refractivity contribution >= 4 is 11.8 Å². The fourth-order valence-electron chi connectivity index (χ4n) is 9.20. The lowest BCUT2D eigenvalue weighted by molar-refractivity contribution is -0.123. The van der Waals surface area contributed by atoms with Crippen molar-refractivity contribution in [2.75, 3.05) is 52.4 Å². The van der Waals surface area contributed by atoms with Gasteiger partial charge in [-0.25, -0.2) is 0 Å². The molecule has 0 aliphatic heterocycles. The Kier molecular flexibility index (Phi) is 39.9. The molecule has 2 atom stereocenters. The van der Waals surface area contributed by atoms with Gasteiger partial charge in [0.05, 0.1) is 6.61 Å². The summed E-state index contributed by atoms with van der Waals surface area (Å²) in [5.74, 6) is 1.63. The Morgan fingerprint density at radius 2 is 0.847 bits per heavy atom. The molecule has 3 N–H and O–H groups in total. The Labute approximate surface area is 368 Å². The van der Waals surface area contributed by atoms with Gasteiger partial charge in [-0.3, -0.25) is 14.5 Å². The minimum atomic E-state index is 0.241. The fourth-order valence-corrected chi connectivity index (χ4v) is 9.20. The summed E-state index contributed by atoms with van der Waals surface area (Å²) in [6.07, 6.45) is 43.1. The van der Waals surface area contributed by atoms with E-state index in [1.807, 2.05) is 0 Å². The van der Waals surface area contributed by atoms with Crippen LogP contribution in [0.3, 0.4) is 0 Å². The summed E-state index contributed by atoms with van der Waals surface area (Å²) in [4.78, 5) is 31.2. The molecule has 1 rings (SSSR count). The molecule has 1 aliphatic carbocycles. The molecule has 0 heterocycles. The average molecular weight is 833 g/mol. The number of nitrogens with zero attached hydrogens (tertiary/aromatic N) is 2. The quantitative estimate of drug-likeness (QED) is 0.0532. The second kappa shape index (κ2) is 42.1. The number of unbranched alkanes of at least 4 members (excludes halogenated alkanes) is 20. The van der Waals surface area contributed by atoms with Crippen LogP contribution in [0.1, 0.15) is 252 Å². The first-order valence-corrected chi connectivity index (χ1v) is 26.6. The molecule has 0 spiro atoms. The second-order valence-corrected chi connectivity index (χ2v) is 19.0. The Hall–Kier alpha value is -1.18. The summed E-state index contributed by atoms with van der Waals surface area (Å²) >= 11 is 0. The van der Waals surface area contributed by atoms with Gasteiger partial charge in [-0.1, -0.05) is 175 Å². The third-order valence-electron chi connectivity index (χ3n) is 13.4. The van der Waals surface area contributed by atoms with E-state index in [0.717, 1.165) is 84.3 Å². The zero-order chi connectivity index (χ0) is 42.9. The van der Waals surface area contributed by atoms with Gasteiger partial charge in [0.25, 0.3) is 0 Å². The number of aliphatic hydroxyl groups excluding tert-OH is 1. The van der Waals surface area contributed by atoms with Crippen LogP contribution in [0.25, 0.3) is 0 Å². The van der Waals surface area contributed by atoms with E-state index >= 15 is 0 Å². The summed E-state index contributed by atoms with van der Waals surface area (Å²) in [6, 6.07) is 0.652. The number of carbonyl (C=O) groups excluding carboxylic acids is 2. The van der Waals surface area contributed by atoms with E-state index in [4.69, 9.17) is 0 Å². The van der Waals surface area contributed by atoms with Crippen molar-refractivity contribution in [1.29, 1.82) is 0 Å². The predicted molar refractivity (Wildman–Crippen MR) is 256 cm³/mol. The van der Waals surface area contributed by atoms with E-state index < -0.39 is 0 Å². The highest BCUT2D eigenvalue weighted by Gasteiger charge is 2.24. The molecule has 0 aromatic heterocycles. The molecule has 1 saturated carbocycles. The Balaban J connectivity index is 2.47. The lowest BCUT2D eigenvalue weighted by Gasteiger charge is -2.38. The van der Waals surface area contributed by atoms with Crippen LogP contribution in [-0.4, -0.2) is 85.2 Å². The first-order chi connectivity index (χ1) is 29.0. The molecule has 0 aromatic carbocycles. The summed E-state index contributed by atoms with van der Waals surface area (Å²) in [7, 11) is 0. The van der Waals surface area contributed by atoms with Crippen molar-refractivity contribution in [2.24, 2.45) is 11.8 Å². The van der Waals surface area contributed by atoms with E-state index in [1.54, 1.807) is 0 Å². The van der Waals surface area contributed by atoms with Gasteiger partial charge in [-0.15, -0.1) is 0 Å². The van der Waals surface area contributed by atoms with E-state index in [0.29, 0.717) is 30.7 Å². The molecule has 1 aliphatic rings. The standard InChI is InChI=1S/C52H104N4O3/c1-5-9-13-17-19-25-34-48(32-23-15-11-7-3)46-51(58)53-38-27-21-29-40-55(42-43-56(44-45-57)50-36-31-37-50)41-30-22-28-39-54-52(59)47-49(33-24-16-12-8-4)35-26-20-18-14-10-6-2/h48-50,57H,5-47H2,1-4H3,(H,53,58)(H,54,59). The molecule has 2 unspecified atom stereocenters. The molecule has 0 aromatic rings. The van der Waals surface area contributed by atoms with Crippen molar-refractivity contribution in [3.8, 4) is 0 Å². The molecule has 350 valence electrons. The van der Waals surface area contributed by atoms with Crippen LogP contribution in [0, 0.1) is 11.8 Å². The van der Waals surface area contributed by atoms with Crippen molar-refractivity contribution in [2.45, 2.75) is 258 Å². The Bertz CT molecular complexity index is 856. The molecular weight excluding hydrogens is 729 g/mol. The van der Waals surface area contributed by atoms with E-state index in [2.05, 4.69) is 48.1 Å². The third kappa shape index (κ3) is 34.0. The minimum absolute atomic E-state index is 0.241. The van der Waals surface area contributed by atoms with Gasteiger partial charge in [-0.2, -0.15) is 0 Å². The molecule has 59 heavy (non-hydrogen) atoms. The van der Waals surface area contributed by atoms with Crippen LogP contribution in [-0.2, 0) is 9.59 Å². The maximum absolute atomic E-state index is 13.0. The molecule has 0 saturated heterocycles. The maximum Gasteiger partial charge on any atom is 0.220 e. The maximum atomic E-state index is 13.0. The van der Waals surface area contributed by atoms with E-state index in [-0.39, 0.29) is 18.4 Å². The first kappa shape index (κ1) is 55.8. The monoisotopic (exact) mass is 833 g/mol. The normalized spacial score (nSPS) is 14.2. The molecule has 7 heteroatoms. The highest BCUT2D eigenvalue weighted by Crippen LogP contribution is 2.25. The number of carbonyl (C=O) groups is 2. The van der Waals surface area contributed by atoms with Crippen molar-refractivity contribution in [3.63, 3.8) is 0 Å². The van der Waals surface area contributed by atoms with Crippen molar-refractivity contribution < 1.29 is 14.7 Å². The number of hydrogen-bond acceptors (Lipinski definition) is 5. The minimum Gasteiger partial charge on any atom is -0.395 e. The van der Waals surface area contributed by atoms with Gasteiger partial charge in [0.1, 0.15) is 0 Å². The van der Waals surface area contributed by atoms with Crippen molar-refractivity contribution in [3.05, 3.63) is 0 Å². The second-order valence-electron chi connectivity index (χ2n) is 19.0. The van der Waals surface area contributed by atoms with Gasteiger partial charge in [0, 0.05) is 51.6 Å². The van der Waals surface area contributed by atoms with Gasteiger partial charge >= 0.3 is 0 Å². The third-order valence-corrected chi connectivity index (χ3v) is 13.4. The zero-order valence-corrected chi connectivity index (χ0v) is 40.3. The largest absolute Gasteiger partial charge is 0.395 e. The lowest BCUT2D eigenvalue weighted by atomic mass is 9.91. The molecular formula is C52H104N4O3. The average Bonchev–Trinajstić information content (AvgIpc) is 3.20. The van der Waals surface area contributed by atoms with Crippen LogP contribution in [0.2, 0.25) is 0 Å². The molecule has 0 bridgehead atoms. The number of rotatable bonds is 46. The Morgan fingerprint density at radius 3 is 1.22 bits per heavy atom. The van der Waals surface area contributed by atoms with Gasteiger partial charge in [-0.05, 0) is 89.1 Å². The van der Waals surface area contributed by atoms with E-state index in [1.165, 1.54) is 173 Å². The van der Waals surface area contributed by atoms with E-state index in [9.17, 15) is 14.7 Å². The van der Waals surface area contributed by atoms with Crippen LogP contribution in [0.15, 0.2) is 0 Å². The van der Waals surface area contributed by atoms with Gasteiger partial charge in [0.15, 0.2) is 0 Å². The van der Waals surface area contributed by atoms with Crippen LogP contribution in [0.4, 0.5) is 0 Å². The molecule has 0 radical (unpaired) electrons. The van der Waals surface area contributed by atoms with Gasteiger partial charge in [0.2, 0.25) is 11.8 Å². The summed E-state index contributed by atoms with van der Waals surface area (Å²) in [5.41, 5.74) is 0. The van der Waals surface area contributed by atoms with Gasteiger partial charge < -0.3 is 20.6 Å². The first-order valence-electron chi connectivity index (χ1n) is 26.6. The molecule has 1 fully saturated rings. The zero-order valence-electron chi connectivity index (χ0n) is 40.3. The highest BCUT2D eigenvalue weighted by molar-refractivity contribution is 5.76. The lowest BCUT2D eigenvalue weighted by Crippen LogP contribution is -2.45. The van der Waals surface area contributed by atoms with Crippen molar-refractivity contribution in [1.82, 2.24) is 20.4 Å². The molecule has 2 amide bonds. The summed E-state index contributed by atoms with van der Waals surface area (Å²) < 4.78 is 0. The SMILES string of the molecule is CCCCCCCCC(CCCCCC)CC(=O)NCCCCCN(CCCCCNC(=O)CC(CCCCCC)CCCCCCCC)CCN(CCO)C1CCC1. The highest BCUT2D eigenvalue weighted by atomic mass is 16.3. The van der Waals surface area contributed by atoms with Crippen LogP contribution < -0.4 is 10.6 Å². The van der Waals surface area contributed by atoms with Crippen LogP contribution in [0.5, 0.6) is 0 Å². The Morgan fingerprint density at radius 1 is 0.475 bits per heavy atom. The predicted octanol–water partition coefficient (Wildman–Crippen LogP) is 13.2. The number of nitrogens with one attached hydrogen (secondary N) is 2. The topological polar surface area (TPSA) is 84.9 Å². The fraction of sp³-hybridized carbons (Fsp3) is 0.962. The molecule has 7 nitrogen and oxygen atoms in total. The number of hydrogen-bond donors (Lipinski definition) is 3. The smallest absolute Gasteiger partial charge is 0.220 e. The number of amides is 2. The van der Waals surface area contributed by atoms with Crippen LogP contribution >= 0.6 is 0 Å². The summed E-state index contributed by atoms with van der Waals surface area (Å²) in [6.45, 7) is 16.0. The summed E-state index contributed by atoms with van der Waals surface area (Å²) in [5, 5.41) is 16.3.